The van der Waals surface area contributed by atoms with Gasteiger partial charge in [0.2, 0.25) is 5.91 Å². The summed E-state index contributed by atoms with van der Waals surface area (Å²) >= 11 is 7.92. The molecule has 2 rings (SSSR count). The van der Waals surface area contributed by atoms with Crippen LogP contribution in [0.15, 0.2) is 17.5 Å². The second kappa shape index (κ2) is 7.91. The predicted octanol–water partition coefficient (Wildman–Crippen LogP) is 3.98. The van der Waals surface area contributed by atoms with Gasteiger partial charge in [0.05, 0.1) is 0 Å². The molecule has 2 unspecified atom stereocenters. The summed E-state index contributed by atoms with van der Waals surface area (Å²) in [6, 6.07) is 4.19. The van der Waals surface area contributed by atoms with Crippen LogP contribution in [0.25, 0.3) is 0 Å². The van der Waals surface area contributed by atoms with Crippen molar-refractivity contribution < 1.29 is 4.79 Å². The normalized spacial score (nSPS) is 23.2. The maximum Gasteiger partial charge on any atom is 0.220 e. The van der Waals surface area contributed by atoms with Gasteiger partial charge in [0.25, 0.3) is 0 Å². The van der Waals surface area contributed by atoms with Gasteiger partial charge in [-0.1, -0.05) is 12.5 Å². The van der Waals surface area contributed by atoms with E-state index < -0.39 is 0 Å². The second-order valence-electron chi connectivity index (χ2n) is 5.37. The Labute approximate surface area is 124 Å². The van der Waals surface area contributed by atoms with Crippen LogP contribution in [0.4, 0.5) is 0 Å². The smallest absolute Gasteiger partial charge is 0.220 e. The lowest BCUT2D eigenvalue weighted by molar-refractivity contribution is -0.121. The Morgan fingerprint density at radius 1 is 1.47 bits per heavy atom. The largest absolute Gasteiger partial charge is 0.356 e. The summed E-state index contributed by atoms with van der Waals surface area (Å²) in [7, 11) is 0. The summed E-state index contributed by atoms with van der Waals surface area (Å²) in [4.78, 5) is 13.1. The molecule has 0 aromatic carbocycles. The number of halogens is 1. The van der Waals surface area contributed by atoms with E-state index in [9.17, 15) is 4.79 Å². The summed E-state index contributed by atoms with van der Waals surface area (Å²) in [5, 5.41) is 5.46. The first kappa shape index (κ1) is 14.9. The summed E-state index contributed by atoms with van der Waals surface area (Å²) in [5.74, 6) is 0.769. The van der Waals surface area contributed by atoms with E-state index in [1.54, 1.807) is 11.3 Å². The highest BCUT2D eigenvalue weighted by atomic mass is 35.5. The fourth-order valence-corrected chi connectivity index (χ4v) is 3.79. The predicted molar refractivity (Wildman–Crippen MR) is 81.9 cm³/mol. The first-order valence-corrected chi connectivity index (χ1v) is 8.49. The minimum Gasteiger partial charge on any atom is -0.356 e. The van der Waals surface area contributed by atoms with Crippen molar-refractivity contribution in [3.05, 3.63) is 22.4 Å². The fraction of sp³-hybridized carbons (Fsp3) is 0.667. The van der Waals surface area contributed by atoms with Gasteiger partial charge in [0.15, 0.2) is 0 Å². The molecular formula is C15H22ClNOS. The number of alkyl halides is 1. The zero-order valence-corrected chi connectivity index (χ0v) is 12.8. The highest BCUT2D eigenvalue weighted by Crippen LogP contribution is 2.27. The summed E-state index contributed by atoms with van der Waals surface area (Å²) in [5.41, 5.74) is 0. The third kappa shape index (κ3) is 5.53. The molecule has 1 aromatic rings. The Kier molecular flexibility index (Phi) is 6.18. The van der Waals surface area contributed by atoms with E-state index in [0.717, 1.165) is 32.2 Å². The van der Waals surface area contributed by atoms with Crippen LogP contribution in [0.2, 0.25) is 0 Å². The monoisotopic (exact) mass is 299 g/mol. The average molecular weight is 300 g/mol. The van der Waals surface area contributed by atoms with Gasteiger partial charge < -0.3 is 5.32 Å². The van der Waals surface area contributed by atoms with E-state index in [-0.39, 0.29) is 5.91 Å². The number of nitrogens with one attached hydrogen (secondary N) is 1. The average Bonchev–Trinajstić information content (AvgIpc) is 2.90. The van der Waals surface area contributed by atoms with Gasteiger partial charge in [-0.05, 0) is 49.5 Å². The molecule has 0 radical (unpaired) electrons. The highest BCUT2D eigenvalue weighted by molar-refractivity contribution is 7.09. The van der Waals surface area contributed by atoms with Crippen LogP contribution in [-0.2, 0) is 11.2 Å². The molecular weight excluding hydrogens is 278 g/mol. The van der Waals surface area contributed by atoms with Crippen LogP contribution in [-0.4, -0.2) is 17.8 Å². The number of hydrogen-bond donors (Lipinski definition) is 1. The summed E-state index contributed by atoms with van der Waals surface area (Å²) in [6.45, 7) is 0.807. The first-order chi connectivity index (χ1) is 9.24. The van der Waals surface area contributed by atoms with Crippen molar-refractivity contribution in [2.45, 2.75) is 50.3 Å². The van der Waals surface area contributed by atoms with Crippen molar-refractivity contribution in [2.75, 3.05) is 6.54 Å². The molecule has 19 heavy (non-hydrogen) atoms. The SMILES string of the molecule is O=C(CCCc1cccs1)NCC1CCCC(Cl)C1. The number of thiophene rings is 1. The Hall–Kier alpha value is -0.540. The van der Waals surface area contributed by atoms with E-state index in [0.29, 0.717) is 17.7 Å². The van der Waals surface area contributed by atoms with Crippen LogP contribution in [0.1, 0.15) is 43.4 Å². The van der Waals surface area contributed by atoms with Gasteiger partial charge in [-0.2, -0.15) is 0 Å². The molecule has 1 saturated carbocycles. The molecule has 106 valence electrons. The van der Waals surface area contributed by atoms with Gasteiger partial charge >= 0.3 is 0 Å². The van der Waals surface area contributed by atoms with Gasteiger partial charge in [0.1, 0.15) is 0 Å². The van der Waals surface area contributed by atoms with E-state index in [1.165, 1.54) is 17.7 Å². The number of amides is 1. The maximum absolute atomic E-state index is 11.8. The van der Waals surface area contributed by atoms with Crippen LogP contribution in [0.3, 0.4) is 0 Å². The molecule has 1 N–H and O–H groups in total. The standard InChI is InChI=1S/C15H22ClNOS/c16-13-5-1-4-12(10-13)11-17-15(18)8-2-6-14-7-3-9-19-14/h3,7,9,12-13H,1-2,4-6,8,10-11H2,(H,17,18). The molecule has 0 aliphatic heterocycles. The number of aryl methyl sites for hydroxylation is 1. The summed E-state index contributed by atoms with van der Waals surface area (Å²) < 4.78 is 0. The van der Waals surface area contributed by atoms with Gasteiger partial charge in [-0.15, -0.1) is 22.9 Å². The molecule has 2 nitrogen and oxygen atoms in total. The number of rotatable bonds is 6. The lowest BCUT2D eigenvalue weighted by Crippen LogP contribution is -2.31. The number of hydrogen-bond acceptors (Lipinski definition) is 2. The van der Waals surface area contributed by atoms with Crippen molar-refractivity contribution in [3.63, 3.8) is 0 Å². The minimum absolute atomic E-state index is 0.188. The zero-order chi connectivity index (χ0) is 13.5. The highest BCUT2D eigenvalue weighted by Gasteiger charge is 2.20. The summed E-state index contributed by atoms with van der Waals surface area (Å²) in [6.07, 6.45) is 7.18. The third-order valence-corrected chi connectivity index (χ3v) is 5.05. The topological polar surface area (TPSA) is 29.1 Å². The molecule has 0 spiro atoms. The van der Waals surface area contributed by atoms with Crippen molar-refractivity contribution in [2.24, 2.45) is 5.92 Å². The second-order valence-corrected chi connectivity index (χ2v) is 7.02. The molecule has 1 aliphatic carbocycles. The number of carbonyl (C=O) groups is 1. The van der Waals surface area contributed by atoms with Crippen LogP contribution in [0.5, 0.6) is 0 Å². The maximum atomic E-state index is 11.8. The molecule has 4 heteroatoms. The van der Waals surface area contributed by atoms with Crippen molar-refractivity contribution in [1.82, 2.24) is 5.32 Å². The molecule has 2 atom stereocenters. The van der Waals surface area contributed by atoms with Gasteiger partial charge in [0, 0.05) is 23.2 Å². The van der Waals surface area contributed by atoms with Crippen molar-refractivity contribution in [3.8, 4) is 0 Å². The van der Waals surface area contributed by atoms with Crippen molar-refractivity contribution in [1.29, 1.82) is 0 Å². The molecule has 1 aromatic heterocycles. The van der Waals surface area contributed by atoms with E-state index in [4.69, 9.17) is 11.6 Å². The zero-order valence-electron chi connectivity index (χ0n) is 11.2. The lowest BCUT2D eigenvalue weighted by Gasteiger charge is -2.25. The van der Waals surface area contributed by atoms with Gasteiger partial charge in [-0.3, -0.25) is 4.79 Å². The molecule has 1 aliphatic rings. The molecule has 1 amide bonds. The quantitative estimate of drug-likeness (QED) is 0.791. The van der Waals surface area contributed by atoms with E-state index in [1.807, 2.05) is 0 Å². The van der Waals surface area contributed by atoms with Crippen LogP contribution >= 0.6 is 22.9 Å². The first-order valence-electron chi connectivity index (χ1n) is 7.17. The lowest BCUT2D eigenvalue weighted by atomic mass is 9.89. The molecule has 1 heterocycles. The minimum atomic E-state index is 0.188. The molecule has 0 bridgehead atoms. The fourth-order valence-electron chi connectivity index (χ4n) is 2.64. The van der Waals surface area contributed by atoms with Crippen LogP contribution < -0.4 is 5.32 Å². The Morgan fingerprint density at radius 3 is 3.11 bits per heavy atom. The van der Waals surface area contributed by atoms with E-state index in [2.05, 4.69) is 22.8 Å². The van der Waals surface area contributed by atoms with Crippen molar-refractivity contribution >= 4 is 28.8 Å². The van der Waals surface area contributed by atoms with Gasteiger partial charge in [-0.25, -0.2) is 0 Å². The Bertz CT molecular complexity index is 380. The Balaban J connectivity index is 1.56. The van der Waals surface area contributed by atoms with E-state index >= 15 is 0 Å². The molecule has 1 fully saturated rings. The third-order valence-electron chi connectivity index (χ3n) is 3.71. The molecule has 0 saturated heterocycles. The van der Waals surface area contributed by atoms with Crippen LogP contribution in [0, 0.1) is 5.92 Å². The number of carbonyl (C=O) groups excluding carboxylic acids is 1. The Morgan fingerprint density at radius 2 is 2.37 bits per heavy atom.